The lowest BCUT2D eigenvalue weighted by molar-refractivity contribution is 0.961. The van der Waals surface area contributed by atoms with Gasteiger partial charge in [-0.3, -0.25) is 0 Å². The van der Waals surface area contributed by atoms with Gasteiger partial charge in [0.15, 0.2) is 0 Å². The van der Waals surface area contributed by atoms with Crippen LogP contribution >= 0.6 is 0 Å². The summed E-state index contributed by atoms with van der Waals surface area (Å²) in [6.07, 6.45) is 4.60. The van der Waals surface area contributed by atoms with E-state index in [0.29, 0.717) is 0 Å². The van der Waals surface area contributed by atoms with Crippen molar-refractivity contribution in [2.75, 3.05) is 25.5 Å². The molecule has 0 bridgehead atoms. The number of anilines is 1. The second-order valence-corrected chi connectivity index (χ2v) is 3.09. The van der Waals surface area contributed by atoms with Gasteiger partial charge in [0.1, 0.15) is 0 Å². The largest absolute Gasteiger partial charge is 0.375 e. The molecule has 0 atom stereocenters. The molecule has 0 heterocycles. The van der Waals surface area contributed by atoms with Gasteiger partial charge in [-0.1, -0.05) is 18.2 Å². The van der Waals surface area contributed by atoms with Crippen LogP contribution in [-0.2, 0) is 0 Å². The van der Waals surface area contributed by atoms with Crippen LogP contribution in [0.4, 0.5) is 5.69 Å². The van der Waals surface area contributed by atoms with E-state index in [1.807, 2.05) is 0 Å². The third-order valence-corrected chi connectivity index (χ3v) is 2.00. The topological polar surface area (TPSA) is 29.3 Å². The Kier molecular flexibility index (Phi) is 12.3. The average molecular weight is 220 g/mol. The van der Waals surface area contributed by atoms with Crippen molar-refractivity contribution < 1.29 is 0 Å². The molecular formula is C14H24N2. The van der Waals surface area contributed by atoms with Crippen molar-refractivity contribution in [3.63, 3.8) is 0 Å². The lowest BCUT2D eigenvalue weighted by atomic mass is 10.2. The van der Waals surface area contributed by atoms with Gasteiger partial charge in [-0.05, 0) is 39.4 Å². The third kappa shape index (κ3) is 6.92. The van der Waals surface area contributed by atoms with Gasteiger partial charge < -0.3 is 10.6 Å². The normalized spacial score (nSPS) is 7.56. The summed E-state index contributed by atoms with van der Waals surface area (Å²) in [7, 11) is 3.61. The molecule has 2 N–H and O–H groups in total. The van der Waals surface area contributed by atoms with Gasteiger partial charge in [0.2, 0.25) is 0 Å². The molecule has 0 fully saturated rings. The Morgan fingerprint density at radius 3 is 2.12 bits per heavy atom. The number of benzene rings is 1. The van der Waals surface area contributed by atoms with Gasteiger partial charge in [-0.25, -0.2) is 0 Å². The maximum absolute atomic E-state index is 4.60. The maximum Gasteiger partial charge on any atom is 0.0393 e. The highest BCUT2D eigenvalue weighted by Gasteiger charge is 1.98. The van der Waals surface area contributed by atoms with Gasteiger partial charge in [-0.15, -0.1) is 12.3 Å². The summed E-state index contributed by atoms with van der Waals surface area (Å²) in [5.41, 5.74) is 7.17. The average Bonchev–Trinajstić information content (AvgIpc) is 2.32. The van der Waals surface area contributed by atoms with E-state index < -0.39 is 0 Å². The van der Waals surface area contributed by atoms with Crippen molar-refractivity contribution in [3.8, 4) is 12.3 Å². The Balaban J connectivity index is 0. The Bertz CT molecular complexity index is 300. The molecular weight excluding hydrogens is 196 g/mol. The summed E-state index contributed by atoms with van der Waals surface area (Å²) in [5.74, 6) is 2.25. The minimum Gasteiger partial charge on any atom is -0.375 e. The molecule has 0 unspecified atom stereocenters. The zero-order chi connectivity index (χ0) is 13.0. The van der Waals surface area contributed by atoms with Crippen LogP contribution in [0.3, 0.4) is 0 Å². The van der Waals surface area contributed by atoms with E-state index >= 15 is 0 Å². The monoisotopic (exact) mass is 220 g/mol. The predicted octanol–water partition coefficient (Wildman–Crippen LogP) is 2.67. The SMILES string of the molecule is C#CC.CCN(C)c1ccccc1C.CN. The van der Waals surface area contributed by atoms with Crippen molar-refractivity contribution in [2.24, 2.45) is 5.73 Å². The molecule has 1 aromatic carbocycles. The molecule has 0 saturated carbocycles. The first kappa shape index (κ1) is 17.0. The fourth-order valence-corrected chi connectivity index (χ4v) is 1.16. The predicted molar refractivity (Wildman–Crippen MR) is 74.7 cm³/mol. The minimum absolute atomic E-state index is 1.06. The van der Waals surface area contributed by atoms with Crippen LogP contribution in [0.25, 0.3) is 0 Å². The first-order chi connectivity index (χ1) is 7.67. The maximum atomic E-state index is 4.60. The first-order valence-corrected chi connectivity index (χ1v) is 5.39. The quantitative estimate of drug-likeness (QED) is 0.776. The second-order valence-electron chi connectivity index (χ2n) is 3.09. The molecule has 0 aliphatic carbocycles. The van der Waals surface area contributed by atoms with E-state index in [4.69, 9.17) is 0 Å². The second kappa shape index (κ2) is 11.6. The number of terminal acetylenes is 1. The number of nitrogens with two attached hydrogens (primary N) is 1. The summed E-state index contributed by atoms with van der Waals surface area (Å²) in [4.78, 5) is 2.25. The number of hydrogen-bond acceptors (Lipinski definition) is 2. The van der Waals surface area contributed by atoms with Gasteiger partial charge in [-0.2, -0.15) is 0 Å². The lowest BCUT2D eigenvalue weighted by Gasteiger charge is -2.18. The lowest BCUT2D eigenvalue weighted by Crippen LogP contribution is -2.16. The number of rotatable bonds is 2. The molecule has 16 heavy (non-hydrogen) atoms. The standard InChI is InChI=1S/C10H15N.C3H4.CH5N/c1-4-11(3)10-8-6-5-7-9(10)2;1-3-2;1-2/h5-8H,4H2,1-3H3;1H,2H3;2H2,1H3. The molecule has 0 spiro atoms. The summed E-state index contributed by atoms with van der Waals surface area (Å²) in [6, 6.07) is 8.44. The molecule has 2 nitrogen and oxygen atoms in total. The van der Waals surface area contributed by atoms with Crippen LogP contribution in [0, 0.1) is 19.3 Å². The van der Waals surface area contributed by atoms with Gasteiger partial charge in [0, 0.05) is 19.3 Å². The van der Waals surface area contributed by atoms with E-state index in [2.05, 4.69) is 68.1 Å². The molecule has 0 amide bonds. The molecule has 0 aliphatic heterocycles. The smallest absolute Gasteiger partial charge is 0.0393 e. The van der Waals surface area contributed by atoms with E-state index in [1.165, 1.54) is 18.3 Å². The molecule has 1 rings (SSSR count). The van der Waals surface area contributed by atoms with Crippen LogP contribution in [0.2, 0.25) is 0 Å². The van der Waals surface area contributed by atoms with Crippen LogP contribution < -0.4 is 10.6 Å². The zero-order valence-electron chi connectivity index (χ0n) is 11.1. The molecule has 0 aliphatic rings. The molecule has 0 aromatic heterocycles. The highest BCUT2D eigenvalue weighted by Crippen LogP contribution is 2.16. The Hall–Kier alpha value is -1.46. The van der Waals surface area contributed by atoms with Crippen molar-refractivity contribution in [1.29, 1.82) is 0 Å². The van der Waals surface area contributed by atoms with E-state index in [0.717, 1.165) is 6.54 Å². The Labute approximate surface area is 100 Å². The molecule has 0 saturated heterocycles. The van der Waals surface area contributed by atoms with Crippen molar-refractivity contribution in [3.05, 3.63) is 29.8 Å². The van der Waals surface area contributed by atoms with Gasteiger partial charge in [0.05, 0.1) is 0 Å². The third-order valence-electron chi connectivity index (χ3n) is 2.00. The highest BCUT2D eigenvalue weighted by atomic mass is 15.1. The Morgan fingerprint density at radius 2 is 1.75 bits per heavy atom. The van der Waals surface area contributed by atoms with Crippen LogP contribution in [-0.4, -0.2) is 20.6 Å². The molecule has 2 heteroatoms. The van der Waals surface area contributed by atoms with E-state index in [9.17, 15) is 0 Å². The van der Waals surface area contributed by atoms with Crippen LogP contribution in [0.1, 0.15) is 19.4 Å². The van der Waals surface area contributed by atoms with Crippen LogP contribution in [0.5, 0.6) is 0 Å². The van der Waals surface area contributed by atoms with Crippen molar-refractivity contribution in [2.45, 2.75) is 20.8 Å². The van der Waals surface area contributed by atoms with E-state index in [1.54, 1.807) is 6.92 Å². The van der Waals surface area contributed by atoms with E-state index in [-0.39, 0.29) is 0 Å². The fraction of sp³-hybridized carbons (Fsp3) is 0.429. The number of aryl methyl sites for hydroxylation is 1. The van der Waals surface area contributed by atoms with Crippen LogP contribution in [0.15, 0.2) is 24.3 Å². The number of para-hydroxylation sites is 1. The van der Waals surface area contributed by atoms with Crippen molar-refractivity contribution >= 4 is 5.69 Å². The summed E-state index contributed by atoms with van der Waals surface area (Å²) >= 11 is 0. The molecule has 90 valence electrons. The van der Waals surface area contributed by atoms with Gasteiger partial charge >= 0.3 is 0 Å². The fourth-order valence-electron chi connectivity index (χ4n) is 1.16. The number of hydrogen-bond donors (Lipinski definition) is 1. The first-order valence-electron chi connectivity index (χ1n) is 5.39. The Morgan fingerprint density at radius 1 is 1.31 bits per heavy atom. The summed E-state index contributed by atoms with van der Waals surface area (Å²) in [5, 5.41) is 0. The number of nitrogens with zero attached hydrogens (tertiary/aromatic N) is 1. The summed E-state index contributed by atoms with van der Waals surface area (Å²) < 4.78 is 0. The molecule has 0 radical (unpaired) electrons. The highest BCUT2D eigenvalue weighted by molar-refractivity contribution is 5.51. The molecule has 1 aromatic rings. The minimum atomic E-state index is 1.06. The zero-order valence-corrected chi connectivity index (χ0v) is 11.1. The van der Waals surface area contributed by atoms with Gasteiger partial charge in [0.25, 0.3) is 0 Å². The summed E-state index contributed by atoms with van der Waals surface area (Å²) in [6.45, 7) is 7.01. The van der Waals surface area contributed by atoms with Crippen molar-refractivity contribution in [1.82, 2.24) is 0 Å².